The van der Waals surface area contributed by atoms with Crippen LogP contribution < -0.4 is 17.0 Å². The van der Waals surface area contributed by atoms with Crippen molar-refractivity contribution in [2.45, 2.75) is 49.1 Å². The Hall–Kier alpha value is -3.44. The van der Waals surface area contributed by atoms with Gasteiger partial charge in [0.15, 0.2) is 35.1 Å². The average molecular weight is 674 g/mol. The number of aliphatic hydroxyl groups is 2. The lowest BCUT2D eigenvalue weighted by Gasteiger charge is -2.27. The lowest BCUT2D eigenvalue weighted by atomic mass is 10.1. The highest BCUT2D eigenvalue weighted by Crippen LogP contribution is 2.53. The predicted molar refractivity (Wildman–Crippen MR) is 143 cm³/mol. The molecule has 2 unspecified atom stereocenters. The Morgan fingerprint density at radius 2 is 1.36 bits per heavy atom. The van der Waals surface area contributed by atoms with Crippen LogP contribution in [-0.4, -0.2) is 109 Å². The molecule has 0 radical (unpaired) electrons. The number of imidazole rings is 2. The molecule has 0 spiro atoms. The number of fused-ring (bicyclic) bond motifs is 4. The maximum Gasteiger partial charge on any atom is 0.472 e. The molecule has 0 aliphatic carbocycles. The summed E-state index contributed by atoms with van der Waals surface area (Å²) in [5, 5.41) is 22.2. The number of phosphoric acid groups is 2. The molecule has 7 rings (SSSR count). The first-order chi connectivity index (χ1) is 21.3. The number of nitrogens with one attached hydrogen (secondary N) is 1. The highest BCUT2D eigenvalue weighted by atomic mass is 31.2. The first kappa shape index (κ1) is 30.2. The third-order valence-corrected chi connectivity index (χ3v) is 9.29. The molecule has 4 aromatic heterocycles. The quantitative estimate of drug-likeness (QED) is 0.109. The van der Waals surface area contributed by atoms with Gasteiger partial charge in [-0.25, -0.2) is 29.1 Å². The summed E-state index contributed by atoms with van der Waals surface area (Å²) >= 11 is 0. The summed E-state index contributed by atoms with van der Waals surface area (Å²) in [6.45, 7) is -1.65. The van der Waals surface area contributed by atoms with Crippen molar-refractivity contribution in [3.8, 4) is 0 Å². The van der Waals surface area contributed by atoms with Crippen LogP contribution in [0.3, 0.4) is 0 Å². The van der Waals surface area contributed by atoms with Crippen molar-refractivity contribution < 1.29 is 56.7 Å². The van der Waals surface area contributed by atoms with Gasteiger partial charge in [0.05, 0.1) is 25.9 Å². The molecular weight excluding hydrogens is 650 g/mol. The summed E-state index contributed by atoms with van der Waals surface area (Å²) in [4.78, 5) is 55.6. The van der Waals surface area contributed by atoms with Crippen molar-refractivity contribution in [1.82, 2.24) is 39.0 Å². The van der Waals surface area contributed by atoms with E-state index in [9.17, 15) is 33.9 Å². The zero-order valence-electron chi connectivity index (χ0n) is 22.4. The van der Waals surface area contributed by atoms with Crippen LogP contribution >= 0.6 is 15.6 Å². The van der Waals surface area contributed by atoms with Crippen LogP contribution in [-0.2, 0) is 36.7 Å². The highest BCUT2D eigenvalue weighted by molar-refractivity contribution is 7.47. The number of hydrogen-bond donors (Lipinski definition) is 7. The summed E-state index contributed by atoms with van der Waals surface area (Å²) in [6, 6.07) is 0. The minimum atomic E-state index is -5.06. The second-order valence-electron chi connectivity index (χ2n) is 10.1. The van der Waals surface area contributed by atoms with E-state index in [-0.39, 0.29) is 34.1 Å². The molecule has 0 aromatic carbocycles. The number of aliphatic hydroxyl groups excluding tert-OH is 2. The molecule has 45 heavy (non-hydrogen) atoms. The average Bonchev–Trinajstić information content (AvgIpc) is 3.72. The fourth-order valence-electron chi connectivity index (χ4n) is 5.32. The summed E-state index contributed by atoms with van der Waals surface area (Å²) in [6.07, 6.45) is -9.11. The van der Waals surface area contributed by atoms with Crippen LogP contribution in [0.2, 0.25) is 0 Å². The lowest BCUT2D eigenvalue weighted by molar-refractivity contribution is -0.0664. The molecule has 3 fully saturated rings. The number of nitrogens with zero attached hydrogens (tertiary/aromatic N) is 7. The van der Waals surface area contributed by atoms with Crippen LogP contribution in [0.1, 0.15) is 12.5 Å². The fourth-order valence-corrected chi connectivity index (χ4v) is 7.25. The minimum absolute atomic E-state index is 0.0383. The number of aromatic amines is 1. The highest BCUT2D eigenvalue weighted by Gasteiger charge is 2.54. The van der Waals surface area contributed by atoms with Crippen LogP contribution in [0, 0.1) is 0 Å². The third-order valence-electron chi connectivity index (χ3n) is 7.32. The van der Waals surface area contributed by atoms with Gasteiger partial charge in [0.25, 0.3) is 5.56 Å². The van der Waals surface area contributed by atoms with Crippen LogP contribution in [0.15, 0.2) is 23.8 Å². The van der Waals surface area contributed by atoms with Gasteiger partial charge >= 0.3 is 15.6 Å². The van der Waals surface area contributed by atoms with E-state index in [1.165, 1.54) is 10.9 Å². The molecule has 10 atom stereocenters. The van der Waals surface area contributed by atoms with E-state index in [4.69, 9.17) is 39.0 Å². The second kappa shape index (κ2) is 10.8. The van der Waals surface area contributed by atoms with Crippen molar-refractivity contribution in [2.75, 3.05) is 24.7 Å². The van der Waals surface area contributed by atoms with Crippen LogP contribution in [0.5, 0.6) is 0 Å². The molecule has 0 saturated carbocycles. The van der Waals surface area contributed by atoms with Gasteiger partial charge in [-0.1, -0.05) is 0 Å². The molecule has 3 aliphatic rings. The summed E-state index contributed by atoms with van der Waals surface area (Å²) in [7, 11) is -10.1. The largest absolute Gasteiger partial charge is 0.472 e. The number of nitrogen functional groups attached to an aromatic ring is 2. The molecule has 25 heteroatoms. The fraction of sp³-hybridized carbons (Fsp3) is 0.500. The number of H-pyrrole nitrogens is 1. The maximum absolute atomic E-state index is 13.1. The first-order valence-electron chi connectivity index (χ1n) is 13.0. The zero-order chi connectivity index (χ0) is 31.8. The van der Waals surface area contributed by atoms with Crippen molar-refractivity contribution in [3.05, 3.63) is 29.3 Å². The Kier molecular flexibility index (Phi) is 7.27. The second-order valence-corrected chi connectivity index (χ2v) is 13.0. The molecule has 23 nitrogen and oxygen atoms in total. The van der Waals surface area contributed by atoms with E-state index in [1.807, 2.05) is 0 Å². The van der Waals surface area contributed by atoms with Crippen LogP contribution in [0.4, 0.5) is 11.8 Å². The number of phosphoric ester groups is 2. The topological polar surface area (TPSA) is 330 Å². The minimum Gasteiger partial charge on any atom is -0.386 e. The first-order valence-corrected chi connectivity index (χ1v) is 15.9. The summed E-state index contributed by atoms with van der Waals surface area (Å²) in [5.74, 6) is -0.230. The molecule has 0 amide bonds. The van der Waals surface area contributed by atoms with Gasteiger partial charge in [-0.05, 0) is 0 Å². The van der Waals surface area contributed by atoms with Crippen LogP contribution in [0.25, 0.3) is 22.3 Å². The van der Waals surface area contributed by atoms with Gasteiger partial charge in [0, 0.05) is 0 Å². The van der Waals surface area contributed by atoms with E-state index in [0.717, 1.165) is 17.2 Å². The van der Waals surface area contributed by atoms with E-state index in [0.29, 0.717) is 0 Å². The SMILES string of the molecule is Nc1nc2c(ncn2[C@H]2O[C@H]3COP(=O)(O)O[C@H]4[C@@H](O)[C@H](n5cnc6c(N)ncnc65)O[C@@H]4COP(=O)(O)O[C@@H]3[C@@H]2O)c(=O)[nH]1. The Morgan fingerprint density at radius 3 is 1.93 bits per heavy atom. The smallest absolute Gasteiger partial charge is 0.386 e. The number of nitrogens with two attached hydrogens (primary N) is 2. The van der Waals surface area contributed by atoms with E-state index < -0.39 is 83.5 Å². The van der Waals surface area contributed by atoms with E-state index in [1.54, 1.807) is 0 Å². The van der Waals surface area contributed by atoms with Crippen molar-refractivity contribution in [1.29, 1.82) is 0 Å². The van der Waals surface area contributed by atoms with Crippen molar-refractivity contribution in [3.63, 3.8) is 0 Å². The van der Waals surface area contributed by atoms with Gasteiger partial charge in [0.1, 0.15) is 48.5 Å². The zero-order valence-corrected chi connectivity index (χ0v) is 24.2. The third kappa shape index (κ3) is 5.31. The lowest BCUT2D eigenvalue weighted by Crippen LogP contribution is -2.39. The van der Waals surface area contributed by atoms with Gasteiger partial charge in [-0.3, -0.25) is 37.0 Å². The Morgan fingerprint density at radius 1 is 0.822 bits per heavy atom. The Balaban J connectivity index is 1.17. The Labute approximate surface area is 248 Å². The number of hydrogen-bond acceptors (Lipinski definition) is 18. The van der Waals surface area contributed by atoms with Gasteiger partial charge in [-0.15, -0.1) is 0 Å². The molecule has 242 valence electrons. The van der Waals surface area contributed by atoms with Gasteiger partial charge in [0.2, 0.25) is 5.95 Å². The van der Waals surface area contributed by atoms with Crippen molar-refractivity contribution in [2.24, 2.45) is 0 Å². The number of anilines is 2. The normalized spacial score (nSPS) is 37.7. The van der Waals surface area contributed by atoms with Gasteiger partial charge in [-0.2, -0.15) is 4.98 Å². The number of rotatable bonds is 2. The summed E-state index contributed by atoms with van der Waals surface area (Å²) in [5.41, 5.74) is 10.8. The standard InChI is InChI=1S/C20H24N10O13P2/c21-14-8-15(24-3-23-14)29(4-25-8)18-10(31)12-6(40-18)1-38-45(36,37)43-13-7(2-39-44(34,35)42-12)41-19(11(13)32)30-5-26-9-16(30)27-20(22)28-17(9)33/h3-7,10-13,18-19,31-32H,1-2H2,(H,34,35)(H,36,37)(H2,21,23,24)(H3,22,27,28,33)/t6-,7+,10-,11+,12-,13+,18-,19+/m1/s1. The molecule has 3 saturated heterocycles. The monoisotopic (exact) mass is 674 g/mol. The molecule has 4 aromatic rings. The molecule has 3 aliphatic heterocycles. The predicted octanol–water partition coefficient (Wildman–Crippen LogP) is -2.34. The number of aromatic nitrogens is 8. The maximum atomic E-state index is 13.1. The molecule has 9 N–H and O–H groups in total. The van der Waals surface area contributed by atoms with E-state index >= 15 is 0 Å². The molecule has 0 bridgehead atoms. The molecular formula is C20H24N10O13P2. The Bertz CT molecular complexity index is 1940. The van der Waals surface area contributed by atoms with E-state index in [2.05, 4.69) is 29.9 Å². The van der Waals surface area contributed by atoms with Crippen molar-refractivity contribution >= 4 is 49.7 Å². The number of ether oxygens (including phenoxy) is 2. The van der Waals surface area contributed by atoms with Gasteiger partial charge < -0.3 is 40.9 Å². The summed E-state index contributed by atoms with van der Waals surface area (Å²) < 4.78 is 60.9. The molecule has 7 heterocycles.